The van der Waals surface area contributed by atoms with Crippen LogP contribution in [0, 0.1) is 0 Å². The molecule has 1 aromatic carbocycles. The number of hydrogen-bond donors (Lipinski definition) is 1. The van der Waals surface area contributed by atoms with Crippen LogP contribution in [0.1, 0.15) is 29.8 Å². The minimum Gasteiger partial charge on any atom is -0.477 e. The van der Waals surface area contributed by atoms with Crippen molar-refractivity contribution < 1.29 is 9.90 Å². The Bertz CT molecular complexity index is 548. The fraction of sp³-hybridized carbons (Fsp3) is 0.357. The summed E-state index contributed by atoms with van der Waals surface area (Å²) in [5.74, 6) is -0.207. The molecule has 1 N–H and O–H groups in total. The van der Waals surface area contributed by atoms with E-state index in [0.29, 0.717) is 11.6 Å². The maximum Gasteiger partial charge on any atom is 0.352 e. The quantitative estimate of drug-likeness (QED) is 0.638. The zero-order valence-corrected chi connectivity index (χ0v) is 10.9. The first-order valence-electron chi connectivity index (χ1n) is 6.11. The molecule has 1 heterocycles. The standard InChI is InChI=1S/C14H16ClNO2/c15-8-4-1-5-9-16-12-7-3-2-6-11(12)10-13(16)14(17)18/h2-3,6-7,10H,1,4-5,8-9H2,(H,17,18). The molecule has 0 unspecified atom stereocenters. The molecule has 0 bridgehead atoms. The molecule has 0 amide bonds. The first-order valence-corrected chi connectivity index (χ1v) is 6.65. The molecule has 0 saturated carbocycles. The zero-order valence-electron chi connectivity index (χ0n) is 10.1. The monoisotopic (exact) mass is 265 g/mol. The van der Waals surface area contributed by atoms with Gasteiger partial charge in [-0.15, -0.1) is 11.6 Å². The highest BCUT2D eigenvalue weighted by Crippen LogP contribution is 2.20. The fourth-order valence-corrected chi connectivity index (χ4v) is 2.36. The highest BCUT2D eigenvalue weighted by molar-refractivity contribution is 6.17. The molecule has 0 atom stereocenters. The van der Waals surface area contributed by atoms with Gasteiger partial charge >= 0.3 is 5.97 Å². The molecule has 3 nitrogen and oxygen atoms in total. The second-order valence-electron chi connectivity index (χ2n) is 4.29. The van der Waals surface area contributed by atoms with Crippen molar-refractivity contribution in [3.63, 3.8) is 0 Å². The summed E-state index contributed by atoms with van der Waals surface area (Å²) in [6.45, 7) is 0.728. The second-order valence-corrected chi connectivity index (χ2v) is 4.67. The zero-order chi connectivity index (χ0) is 13.0. The number of aryl methyl sites for hydroxylation is 1. The van der Waals surface area contributed by atoms with Crippen molar-refractivity contribution in [3.05, 3.63) is 36.0 Å². The van der Waals surface area contributed by atoms with E-state index in [-0.39, 0.29) is 0 Å². The smallest absolute Gasteiger partial charge is 0.352 e. The summed E-state index contributed by atoms with van der Waals surface area (Å²) in [5.41, 5.74) is 1.35. The average molecular weight is 266 g/mol. The molecule has 0 saturated heterocycles. The van der Waals surface area contributed by atoms with Crippen LogP contribution in [0.15, 0.2) is 30.3 Å². The van der Waals surface area contributed by atoms with E-state index >= 15 is 0 Å². The van der Waals surface area contributed by atoms with Gasteiger partial charge in [0.2, 0.25) is 0 Å². The van der Waals surface area contributed by atoms with Gasteiger partial charge in [0, 0.05) is 23.3 Å². The van der Waals surface area contributed by atoms with E-state index < -0.39 is 5.97 Å². The molecule has 0 radical (unpaired) electrons. The van der Waals surface area contributed by atoms with Crippen molar-refractivity contribution in [1.29, 1.82) is 0 Å². The molecule has 2 rings (SSSR count). The predicted octanol–water partition coefficient (Wildman–Crippen LogP) is 3.75. The van der Waals surface area contributed by atoms with E-state index in [0.717, 1.165) is 36.7 Å². The Kier molecular flexibility index (Phi) is 4.26. The minimum atomic E-state index is -0.872. The van der Waals surface area contributed by atoms with Gasteiger partial charge in [0.05, 0.1) is 0 Å². The number of nitrogens with zero attached hydrogens (tertiary/aromatic N) is 1. The molecule has 0 fully saturated rings. The van der Waals surface area contributed by atoms with Crippen LogP contribution in [0.3, 0.4) is 0 Å². The Morgan fingerprint density at radius 1 is 1.22 bits per heavy atom. The Balaban J connectivity index is 2.27. The van der Waals surface area contributed by atoms with Crippen molar-refractivity contribution in [2.75, 3.05) is 5.88 Å². The van der Waals surface area contributed by atoms with Gasteiger partial charge in [-0.3, -0.25) is 0 Å². The van der Waals surface area contributed by atoms with Crippen LogP contribution < -0.4 is 0 Å². The number of rotatable bonds is 6. The molecule has 0 aliphatic carbocycles. The molecule has 96 valence electrons. The van der Waals surface area contributed by atoms with Crippen LogP contribution in [0.25, 0.3) is 10.9 Å². The van der Waals surface area contributed by atoms with Gasteiger partial charge in [-0.05, 0) is 25.0 Å². The van der Waals surface area contributed by atoms with Gasteiger partial charge in [-0.25, -0.2) is 4.79 Å². The van der Waals surface area contributed by atoms with Crippen LogP contribution >= 0.6 is 11.6 Å². The third-order valence-electron chi connectivity index (χ3n) is 3.05. The van der Waals surface area contributed by atoms with Crippen molar-refractivity contribution in [1.82, 2.24) is 4.57 Å². The Labute approximate surface area is 111 Å². The molecular formula is C14H16ClNO2. The molecular weight excluding hydrogens is 250 g/mol. The predicted molar refractivity (Wildman–Crippen MR) is 73.5 cm³/mol. The topological polar surface area (TPSA) is 42.2 Å². The summed E-state index contributed by atoms with van der Waals surface area (Å²) in [7, 11) is 0. The number of carboxylic acid groups (broad SMARTS) is 1. The summed E-state index contributed by atoms with van der Waals surface area (Å²) in [4.78, 5) is 11.2. The van der Waals surface area contributed by atoms with Crippen LogP contribution in [0.2, 0.25) is 0 Å². The summed E-state index contributed by atoms with van der Waals surface area (Å²) in [6.07, 6.45) is 2.95. The summed E-state index contributed by atoms with van der Waals surface area (Å²) in [5, 5.41) is 10.2. The van der Waals surface area contributed by atoms with E-state index in [1.807, 2.05) is 28.8 Å². The first-order chi connectivity index (χ1) is 8.74. The number of carboxylic acids is 1. The number of carbonyl (C=O) groups is 1. The van der Waals surface area contributed by atoms with Crippen LogP contribution in [0.4, 0.5) is 0 Å². The lowest BCUT2D eigenvalue weighted by atomic mass is 10.2. The number of benzene rings is 1. The van der Waals surface area contributed by atoms with E-state index in [2.05, 4.69) is 0 Å². The van der Waals surface area contributed by atoms with Crippen molar-refractivity contribution in [3.8, 4) is 0 Å². The molecule has 4 heteroatoms. The van der Waals surface area contributed by atoms with E-state index in [9.17, 15) is 9.90 Å². The highest BCUT2D eigenvalue weighted by atomic mass is 35.5. The maximum absolute atomic E-state index is 11.2. The second kappa shape index (κ2) is 5.91. The number of aromatic carboxylic acids is 1. The molecule has 18 heavy (non-hydrogen) atoms. The summed E-state index contributed by atoms with van der Waals surface area (Å²) < 4.78 is 1.88. The fourth-order valence-electron chi connectivity index (χ4n) is 2.17. The van der Waals surface area contributed by atoms with Crippen molar-refractivity contribution in [2.24, 2.45) is 0 Å². The van der Waals surface area contributed by atoms with Gasteiger partial charge in [0.25, 0.3) is 0 Å². The highest BCUT2D eigenvalue weighted by Gasteiger charge is 2.13. The van der Waals surface area contributed by atoms with Crippen LogP contribution in [-0.2, 0) is 6.54 Å². The maximum atomic E-state index is 11.2. The Morgan fingerprint density at radius 3 is 2.72 bits per heavy atom. The van der Waals surface area contributed by atoms with Gasteiger partial charge < -0.3 is 9.67 Å². The van der Waals surface area contributed by atoms with Gasteiger partial charge in [0.1, 0.15) is 5.69 Å². The molecule has 0 aliphatic heterocycles. The lowest BCUT2D eigenvalue weighted by Gasteiger charge is -2.07. The lowest BCUT2D eigenvalue weighted by Crippen LogP contribution is -2.08. The number of fused-ring (bicyclic) bond motifs is 1. The Morgan fingerprint density at radius 2 is 2.00 bits per heavy atom. The number of halogens is 1. The number of para-hydroxylation sites is 1. The van der Waals surface area contributed by atoms with Gasteiger partial charge in [0.15, 0.2) is 0 Å². The van der Waals surface area contributed by atoms with Crippen LogP contribution in [0.5, 0.6) is 0 Å². The lowest BCUT2D eigenvalue weighted by molar-refractivity contribution is 0.0685. The number of aromatic nitrogens is 1. The SMILES string of the molecule is O=C(O)c1cc2ccccc2n1CCCCCCl. The Hall–Kier alpha value is -1.48. The molecule has 0 spiro atoms. The number of alkyl halides is 1. The van der Waals surface area contributed by atoms with Gasteiger partial charge in [-0.2, -0.15) is 0 Å². The molecule has 2 aromatic rings. The van der Waals surface area contributed by atoms with Crippen molar-refractivity contribution >= 4 is 28.5 Å². The number of unbranched alkanes of at least 4 members (excludes halogenated alkanes) is 2. The van der Waals surface area contributed by atoms with E-state index in [1.54, 1.807) is 6.07 Å². The normalized spacial score (nSPS) is 10.9. The summed E-state index contributed by atoms with van der Waals surface area (Å²) >= 11 is 5.64. The minimum absolute atomic E-state index is 0.363. The van der Waals surface area contributed by atoms with Crippen LogP contribution in [-0.4, -0.2) is 21.5 Å². The molecule has 0 aliphatic rings. The largest absolute Gasteiger partial charge is 0.477 e. The third-order valence-corrected chi connectivity index (χ3v) is 3.31. The molecule has 1 aromatic heterocycles. The van der Waals surface area contributed by atoms with E-state index in [1.165, 1.54) is 0 Å². The third kappa shape index (κ3) is 2.67. The summed E-state index contributed by atoms with van der Waals surface area (Å²) in [6, 6.07) is 9.49. The average Bonchev–Trinajstić information content (AvgIpc) is 2.74. The van der Waals surface area contributed by atoms with Gasteiger partial charge in [-0.1, -0.05) is 24.6 Å². The first kappa shape index (κ1) is 13.0. The van der Waals surface area contributed by atoms with E-state index in [4.69, 9.17) is 11.6 Å². The van der Waals surface area contributed by atoms with Crippen molar-refractivity contribution in [2.45, 2.75) is 25.8 Å². The number of hydrogen-bond acceptors (Lipinski definition) is 1.